The third-order valence-corrected chi connectivity index (χ3v) is 10.2. The molecule has 6 heterocycles. The Labute approximate surface area is 280 Å². The maximum atomic E-state index is 13.6. The lowest BCUT2D eigenvalue weighted by Crippen LogP contribution is -2.53. The molecule has 16 heteroatoms. The van der Waals surface area contributed by atoms with Gasteiger partial charge in [-0.15, -0.1) is 11.8 Å². The van der Waals surface area contributed by atoms with Crippen molar-refractivity contribution in [3.8, 4) is 17.0 Å². The SMILES string of the molecule is CN1CCN(C2CCN(C(=O)Cn3cc(NC(=O)c4cnn5cccnc45)c(-c4cc(SC5COC5)ccc4OC(F)F)n3)CC2)CC1. The van der Waals surface area contributed by atoms with Crippen LogP contribution >= 0.6 is 11.8 Å². The zero-order chi connectivity index (χ0) is 33.2. The molecule has 48 heavy (non-hydrogen) atoms. The average Bonchev–Trinajstić information content (AvgIpc) is 3.67. The van der Waals surface area contributed by atoms with E-state index >= 15 is 0 Å². The molecule has 0 bridgehead atoms. The monoisotopic (exact) mass is 681 g/mol. The number of piperidine rings is 1. The number of hydrogen-bond donors (Lipinski definition) is 1. The number of carbonyl (C=O) groups excluding carboxylic acids is 2. The Hall–Kier alpha value is -4.12. The van der Waals surface area contributed by atoms with Crippen molar-refractivity contribution in [2.75, 3.05) is 64.8 Å². The van der Waals surface area contributed by atoms with Gasteiger partial charge in [0.15, 0.2) is 5.65 Å². The molecule has 254 valence electrons. The quantitative estimate of drug-likeness (QED) is 0.267. The second-order valence-corrected chi connectivity index (χ2v) is 13.6. The minimum Gasteiger partial charge on any atom is -0.434 e. The first-order valence-electron chi connectivity index (χ1n) is 16.0. The summed E-state index contributed by atoms with van der Waals surface area (Å²) in [5, 5.41) is 12.0. The average molecular weight is 682 g/mol. The third kappa shape index (κ3) is 7.16. The molecule has 0 radical (unpaired) electrons. The number of likely N-dealkylation sites (tertiary alicyclic amines) is 1. The number of alkyl halides is 2. The van der Waals surface area contributed by atoms with Crippen molar-refractivity contribution in [3.63, 3.8) is 0 Å². The van der Waals surface area contributed by atoms with Crippen LogP contribution in [0.2, 0.25) is 0 Å². The summed E-state index contributed by atoms with van der Waals surface area (Å²) in [7, 11) is 2.14. The lowest BCUT2D eigenvalue weighted by Gasteiger charge is -2.42. The van der Waals surface area contributed by atoms with Gasteiger partial charge in [0.25, 0.3) is 5.91 Å². The van der Waals surface area contributed by atoms with Gasteiger partial charge in [-0.3, -0.25) is 19.2 Å². The Balaban J connectivity index is 1.15. The van der Waals surface area contributed by atoms with Gasteiger partial charge in [-0.2, -0.15) is 19.0 Å². The summed E-state index contributed by atoms with van der Waals surface area (Å²) in [6.45, 7) is 3.48. The highest BCUT2D eigenvalue weighted by molar-refractivity contribution is 8.00. The van der Waals surface area contributed by atoms with E-state index < -0.39 is 12.5 Å². The summed E-state index contributed by atoms with van der Waals surface area (Å²) in [6.07, 6.45) is 7.99. The predicted octanol–water partition coefficient (Wildman–Crippen LogP) is 3.18. The number of hydrogen-bond acceptors (Lipinski definition) is 10. The molecule has 3 aromatic heterocycles. The van der Waals surface area contributed by atoms with E-state index in [1.165, 1.54) is 21.5 Å². The lowest BCUT2D eigenvalue weighted by atomic mass is 10.0. The number of piperazine rings is 1. The third-order valence-electron chi connectivity index (χ3n) is 9.03. The number of aromatic nitrogens is 5. The number of rotatable bonds is 10. The van der Waals surface area contributed by atoms with E-state index in [9.17, 15) is 18.4 Å². The van der Waals surface area contributed by atoms with Crippen LogP contribution in [0, 0.1) is 0 Å². The Kier molecular flexibility index (Phi) is 9.57. The minimum atomic E-state index is -3.08. The molecule has 7 rings (SSSR count). The van der Waals surface area contributed by atoms with E-state index in [0.717, 1.165) is 43.9 Å². The maximum Gasteiger partial charge on any atom is 0.387 e. The standard InChI is InChI=1S/C32H37F2N9O4S/c1-39-11-13-40(14-12-39)21-5-9-41(10-6-21)28(44)18-42-17-26(37-31(45)25-16-36-43-8-2-7-35-30(25)43)29(38-42)24-15-22(48-23-19-46-20-23)3-4-27(24)47-32(33)34/h2-4,7-8,15-17,21,23,32H,5-6,9-14,18-20H2,1H3,(H,37,45). The number of amides is 2. The molecule has 3 saturated heterocycles. The summed E-state index contributed by atoms with van der Waals surface area (Å²) in [5.41, 5.74) is 1.24. The Morgan fingerprint density at radius 3 is 2.65 bits per heavy atom. The van der Waals surface area contributed by atoms with Crippen LogP contribution in [0.4, 0.5) is 14.5 Å². The van der Waals surface area contributed by atoms with Crippen molar-refractivity contribution in [2.24, 2.45) is 0 Å². The normalized spacial score (nSPS) is 18.4. The van der Waals surface area contributed by atoms with Crippen LogP contribution < -0.4 is 10.1 Å². The fourth-order valence-electron chi connectivity index (χ4n) is 6.32. The Morgan fingerprint density at radius 2 is 1.92 bits per heavy atom. The molecular formula is C32H37F2N9O4S. The van der Waals surface area contributed by atoms with E-state index in [4.69, 9.17) is 9.47 Å². The van der Waals surface area contributed by atoms with Crippen LogP contribution in [-0.2, 0) is 16.1 Å². The van der Waals surface area contributed by atoms with E-state index in [0.29, 0.717) is 38.0 Å². The van der Waals surface area contributed by atoms with E-state index in [1.807, 2.05) is 4.90 Å². The molecule has 3 aliphatic rings. The summed E-state index contributed by atoms with van der Waals surface area (Å²) >= 11 is 1.56. The zero-order valence-electron chi connectivity index (χ0n) is 26.5. The number of carbonyl (C=O) groups is 2. The fourth-order valence-corrected chi connectivity index (χ4v) is 7.36. The van der Waals surface area contributed by atoms with Gasteiger partial charge in [0.05, 0.1) is 30.3 Å². The van der Waals surface area contributed by atoms with Crippen LogP contribution in [0.3, 0.4) is 0 Å². The first-order valence-corrected chi connectivity index (χ1v) is 16.9. The minimum absolute atomic E-state index is 0.0841. The smallest absolute Gasteiger partial charge is 0.387 e. The molecule has 0 spiro atoms. The molecule has 4 aromatic rings. The van der Waals surface area contributed by atoms with E-state index in [2.05, 4.69) is 37.3 Å². The van der Waals surface area contributed by atoms with Crippen molar-refractivity contribution in [2.45, 2.75) is 42.2 Å². The zero-order valence-corrected chi connectivity index (χ0v) is 27.3. The molecule has 1 aromatic carbocycles. The van der Waals surface area contributed by atoms with E-state index in [-0.39, 0.29) is 46.0 Å². The highest BCUT2D eigenvalue weighted by Gasteiger charge is 2.30. The van der Waals surface area contributed by atoms with Crippen molar-refractivity contribution < 1.29 is 27.8 Å². The molecule has 0 saturated carbocycles. The summed E-state index contributed by atoms with van der Waals surface area (Å²) in [6, 6.07) is 7.05. The molecule has 13 nitrogen and oxygen atoms in total. The fraction of sp³-hybridized carbons (Fsp3) is 0.469. The number of likely N-dealkylation sites (N-methyl/N-ethyl adjacent to an activating group) is 1. The molecule has 2 amide bonds. The number of anilines is 1. The number of nitrogens with one attached hydrogen (secondary N) is 1. The van der Waals surface area contributed by atoms with Gasteiger partial charge in [0.2, 0.25) is 5.91 Å². The molecule has 3 aliphatic heterocycles. The molecule has 0 atom stereocenters. The summed E-state index contributed by atoms with van der Waals surface area (Å²) in [4.78, 5) is 38.9. The number of benzene rings is 1. The maximum absolute atomic E-state index is 13.6. The van der Waals surface area contributed by atoms with Gasteiger partial charge in [-0.05, 0) is 44.2 Å². The lowest BCUT2D eigenvalue weighted by molar-refractivity contribution is -0.133. The number of fused-ring (bicyclic) bond motifs is 1. The second-order valence-electron chi connectivity index (χ2n) is 12.3. The Bertz CT molecular complexity index is 1770. The van der Waals surface area contributed by atoms with Crippen molar-refractivity contribution in [1.29, 1.82) is 0 Å². The Morgan fingerprint density at radius 1 is 1.12 bits per heavy atom. The highest BCUT2D eigenvalue weighted by atomic mass is 32.2. The first-order chi connectivity index (χ1) is 23.3. The van der Waals surface area contributed by atoms with Crippen molar-refractivity contribution >= 4 is 34.9 Å². The van der Waals surface area contributed by atoms with Crippen LogP contribution in [0.5, 0.6) is 5.75 Å². The van der Waals surface area contributed by atoms with Crippen LogP contribution in [0.25, 0.3) is 16.9 Å². The first kappa shape index (κ1) is 32.4. The highest BCUT2D eigenvalue weighted by Crippen LogP contribution is 2.39. The van der Waals surface area contributed by atoms with Gasteiger partial charge in [-0.1, -0.05) is 0 Å². The number of ether oxygens (including phenoxy) is 2. The largest absolute Gasteiger partial charge is 0.434 e. The van der Waals surface area contributed by atoms with Gasteiger partial charge in [-0.25, -0.2) is 9.50 Å². The van der Waals surface area contributed by atoms with Crippen LogP contribution in [-0.4, -0.2) is 128 Å². The molecule has 0 aliphatic carbocycles. The summed E-state index contributed by atoms with van der Waals surface area (Å²) < 4.78 is 40.3. The number of thioether (sulfide) groups is 1. The van der Waals surface area contributed by atoms with E-state index in [1.54, 1.807) is 48.6 Å². The number of halogens is 2. The topological polar surface area (TPSA) is 122 Å². The molecule has 1 N–H and O–H groups in total. The van der Waals surface area contributed by atoms with Crippen molar-refractivity contribution in [3.05, 3.63) is 54.6 Å². The molecule has 0 unspecified atom stereocenters. The molecular weight excluding hydrogens is 644 g/mol. The molecule has 3 fully saturated rings. The van der Waals surface area contributed by atoms with Gasteiger partial charge in [0.1, 0.15) is 23.6 Å². The second kappa shape index (κ2) is 14.2. The van der Waals surface area contributed by atoms with Crippen molar-refractivity contribution in [1.82, 2.24) is 39.1 Å². The number of nitrogens with zero attached hydrogens (tertiary/aromatic N) is 8. The summed E-state index contributed by atoms with van der Waals surface area (Å²) in [5.74, 6) is -0.728. The van der Waals surface area contributed by atoms with Gasteiger partial charge in [0, 0.05) is 74.4 Å². The predicted molar refractivity (Wildman–Crippen MR) is 174 cm³/mol. The van der Waals surface area contributed by atoms with Crippen LogP contribution in [0.15, 0.2) is 53.9 Å². The van der Waals surface area contributed by atoms with Gasteiger partial charge < -0.3 is 24.6 Å². The van der Waals surface area contributed by atoms with Gasteiger partial charge >= 0.3 is 6.61 Å². The van der Waals surface area contributed by atoms with Crippen LogP contribution in [0.1, 0.15) is 23.2 Å².